The minimum Gasteiger partial charge on any atom is -0.481 e. The van der Waals surface area contributed by atoms with Gasteiger partial charge in [-0.3, -0.25) is 4.79 Å². The second kappa shape index (κ2) is 5.32. The fourth-order valence-electron chi connectivity index (χ4n) is 1.92. The summed E-state index contributed by atoms with van der Waals surface area (Å²) in [6.07, 6.45) is 2.01. The van der Waals surface area contributed by atoms with E-state index >= 15 is 0 Å². The zero-order valence-corrected chi connectivity index (χ0v) is 8.65. The van der Waals surface area contributed by atoms with Gasteiger partial charge in [-0.25, -0.2) is 0 Å². The van der Waals surface area contributed by atoms with Gasteiger partial charge in [0.05, 0.1) is 6.10 Å². The molecule has 0 saturated carbocycles. The number of aliphatic hydroxyl groups excluding tert-OH is 1. The summed E-state index contributed by atoms with van der Waals surface area (Å²) in [5.74, 6) is -0.525. The maximum atomic E-state index is 10.3. The Balaban J connectivity index is 2.23. The van der Waals surface area contributed by atoms with E-state index in [0.717, 1.165) is 25.9 Å². The van der Waals surface area contributed by atoms with Gasteiger partial charge in [0.1, 0.15) is 0 Å². The number of hydrogen-bond donors (Lipinski definition) is 2. The number of likely N-dealkylation sites (tertiary alicyclic amines) is 1. The molecule has 4 nitrogen and oxygen atoms in total. The number of piperidine rings is 1. The molecule has 2 N–H and O–H groups in total. The van der Waals surface area contributed by atoms with E-state index in [4.69, 9.17) is 5.11 Å². The van der Waals surface area contributed by atoms with Crippen LogP contribution in [-0.2, 0) is 4.79 Å². The molecule has 0 bridgehead atoms. The molecule has 0 aromatic heterocycles. The van der Waals surface area contributed by atoms with Crippen molar-refractivity contribution in [2.75, 3.05) is 20.1 Å². The highest BCUT2D eigenvalue weighted by Gasteiger charge is 2.23. The third-order valence-electron chi connectivity index (χ3n) is 2.96. The maximum Gasteiger partial charge on any atom is 0.303 e. The van der Waals surface area contributed by atoms with Crippen molar-refractivity contribution in [3.63, 3.8) is 0 Å². The molecule has 14 heavy (non-hydrogen) atoms. The molecule has 0 amide bonds. The average Bonchev–Trinajstić information content (AvgIpc) is 2.15. The molecule has 1 unspecified atom stereocenters. The molecule has 0 aromatic rings. The number of hydrogen-bond acceptors (Lipinski definition) is 3. The zero-order chi connectivity index (χ0) is 10.6. The van der Waals surface area contributed by atoms with Gasteiger partial charge in [0.2, 0.25) is 0 Å². The SMILES string of the molecule is CN1CCC(C(O)CCC(=O)O)CC1. The Morgan fingerprint density at radius 3 is 2.57 bits per heavy atom. The number of rotatable bonds is 4. The standard InChI is InChI=1S/C10H19NO3/c1-11-6-4-8(5-7-11)9(12)2-3-10(13)14/h8-9,12H,2-7H2,1H3,(H,13,14). The highest BCUT2D eigenvalue weighted by atomic mass is 16.4. The first-order valence-corrected chi connectivity index (χ1v) is 5.18. The Bertz CT molecular complexity index is 188. The summed E-state index contributed by atoms with van der Waals surface area (Å²) < 4.78 is 0. The Morgan fingerprint density at radius 1 is 1.50 bits per heavy atom. The molecular formula is C10H19NO3. The van der Waals surface area contributed by atoms with Crippen molar-refractivity contribution >= 4 is 5.97 Å². The van der Waals surface area contributed by atoms with Crippen LogP contribution in [0.2, 0.25) is 0 Å². The molecule has 1 fully saturated rings. The number of nitrogens with zero attached hydrogens (tertiary/aromatic N) is 1. The number of aliphatic carboxylic acids is 1. The summed E-state index contributed by atoms with van der Waals surface area (Å²) in [6, 6.07) is 0. The lowest BCUT2D eigenvalue weighted by atomic mass is 9.89. The Kier molecular flexibility index (Phi) is 4.35. The summed E-state index contributed by atoms with van der Waals surface area (Å²) >= 11 is 0. The summed E-state index contributed by atoms with van der Waals surface area (Å²) in [6.45, 7) is 2.02. The van der Waals surface area contributed by atoms with Crippen LogP contribution < -0.4 is 0 Å². The molecular weight excluding hydrogens is 182 g/mol. The topological polar surface area (TPSA) is 60.8 Å². The molecule has 82 valence electrons. The molecule has 0 aliphatic carbocycles. The number of aliphatic hydroxyl groups is 1. The molecule has 4 heteroatoms. The van der Waals surface area contributed by atoms with E-state index in [9.17, 15) is 9.90 Å². The highest BCUT2D eigenvalue weighted by molar-refractivity contribution is 5.66. The van der Waals surface area contributed by atoms with Crippen LogP contribution in [0, 0.1) is 5.92 Å². The van der Waals surface area contributed by atoms with Crippen molar-refractivity contribution < 1.29 is 15.0 Å². The first-order valence-electron chi connectivity index (χ1n) is 5.18. The Morgan fingerprint density at radius 2 is 2.07 bits per heavy atom. The normalized spacial score (nSPS) is 22.1. The van der Waals surface area contributed by atoms with Crippen LogP contribution in [0.25, 0.3) is 0 Å². The largest absolute Gasteiger partial charge is 0.481 e. The third kappa shape index (κ3) is 3.64. The van der Waals surface area contributed by atoms with Gasteiger partial charge in [0, 0.05) is 6.42 Å². The summed E-state index contributed by atoms with van der Waals surface area (Å²) in [5.41, 5.74) is 0. The predicted molar refractivity (Wildman–Crippen MR) is 53.1 cm³/mol. The maximum absolute atomic E-state index is 10.3. The smallest absolute Gasteiger partial charge is 0.303 e. The van der Waals surface area contributed by atoms with Crippen molar-refractivity contribution in [1.29, 1.82) is 0 Å². The second-order valence-electron chi connectivity index (χ2n) is 4.14. The third-order valence-corrected chi connectivity index (χ3v) is 2.96. The predicted octanol–water partition coefficient (Wildman–Crippen LogP) is 0.554. The fraction of sp³-hybridized carbons (Fsp3) is 0.900. The Hall–Kier alpha value is -0.610. The first-order chi connectivity index (χ1) is 6.59. The molecule has 1 aliphatic rings. The minimum absolute atomic E-state index is 0.0769. The molecule has 1 rings (SSSR count). The van der Waals surface area contributed by atoms with Crippen LogP contribution in [0.5, 0.6) is 0 Å². The highest BCUT2D eigenvalue weighted by Crippen LogP contribution is 2.22. The summed E-state index contributed by atoms with van der Waals surface area (Å²) in [5, 5.41) is 18.2. The van der Waals surface area contributed by atoms with Gasteiger partial charge in [-0.1, -0.05) is 0 Å². The van der Waals surface area contributed by atoms with Crippen LogP contribution >= 0.6 is 0 Å². The van der Waals surface area contributed by atoms with Crippen molar-refractivity contribution in [3.05, 3.63) is 0 Å². The van der Waals surface area contributed by atoms with E-state index in [1.807, 2.05) is 0 Å². The first kappa shape index (κ1) is 11.5. The quantitative estimate of drug-likeness (QED) is 0.697. The van der Waals surface area contributed by atoms with Crippen LogP contribution in [0.3, 0.4) is 0 Å². The van der Waals surface area contributed by atoms with Crippen LogP contribution in [0.1, 0.15) is 25.7 Å². The molecule has 1 saturated heterocycles. The van der Waals surface area contributed by atoms with Crippen LogP contribution in [0.15, 0.2) is 0 Å². The van der Waals surface area contributed by atoms with Crippen molar-refractivity contribution in [3.8, 4) is 0 Å². The van der Waals surface area contributed by atoms with Gasteiger partial charge in [-0.05, 0) is 45.3 Å². The summed E-state index contributed by atoms with van der Waals surface area (Å²) in [4.78, 5) is 12.6. The molecule has 1 heterocycles. The van der Waals surface area contributed by atoms with E-state index < -0.39 is 12.1 Å². The number of carboxylic acid groups (broad SMARTS) is 1. The number of carbonyl (C=O) groups is 1. The van der Waals surface area contributed by atoms with Gasteiger partial charge in [0.15, 0.2) is 0 Å². The van der Waals surface area contributed by atoms with Crippen molar-refractivity contribution in [1.82, 2.24) is 4.90 Å². The lowest BCUT2D eigenvalue weighted by Crippen LogP contribution is -2.35. The fourth-order valence-corrected chi connectivity index (χ4v) is 1.92. The van der Waals surface area contributed by atoms with E-state index in [1.165, 1.54) is 0 Å². The van der Waals surface area contributed by atoms with Crippen molar-refractivity contribution in [2.45, 2.75) is 31.8 Å². The van der Waals surface area contributed by atoms with Gasteiger partial charge < -0.3 is 15.1 Å². The lowest BCUT2D eigenvalue weighted by Gasteiger charge is -2.31. The van der Waals surface area contributed by atoms with E-state index in [-0.39, 0.29) is 6.42 Å². The summed E-state index contributed by atoms with van der Waals surface area (Å²) in [7, 11) is 2.07. The van der Waals surface area contributed by atoms with Crippen LogP contribution in [-0.4, -0.2) is 47.3 Å². The van der Waals surface area contributed by atoms with E-state index in [1.54, 1.807) is 0 Å². The molecule has 0 aromatic carbocycles. The number of carboxylic acids is 1. The lowest BCUT2D eigenvalue weighted by molar-refractivity contribution is -0.137. The van der Waals surface area contributed by atoms with Crippen LogP contribution in [0.4, 0.5) is 0 Å². The molecule has 0 spiro atoms. The van der Waals surface area contributed by atoms with Gasteiger partial charge in [-0.15, -0.1) is 0 Å². The monoisotopic (exact) mass is 201 g/mol. The van der Waals surface area contributed by atoms with E-state index in [2.05, 4.69) is 11.9 Å². The zero-order valence-electron chi connectivity index (χ0n) is 8.65. The average molecular weight is 201 g/mol. The molecule has 1 aliphatic heterocycles. The Labute approximate surface area is 84.5 Å². The molecule has 1 atom stereocenters. The molecule has 0 radical (unpaired) electrons. The van der Waals surface area contributed by atoms with E-state index in [0.29, 0.717) is 12.3 Å². The van der Waals surface area contributed by atoms with Crippen molar-refractivity contribution in [2.24, 2.45) is 5.92 Å². The minimum atomic E-state index is -0.822. The second-order valence-corrected chi connectivity index (χ2v) is 4.14. The van der Waals surface area contributed by atoms with Gasteiger partial charge in [-0.2, -0.15) is 0 Å². The van der Waals surface area contributed by atoms with Gasteiger partial charge in [0.25, 0.3) is 0 Å². The van der Waals surface area contributed by atoms with Gasteiger partial charge >= 0.3 is 5.97 Å².